The van der Waals surface area contributed by atoms with E-state index >= 15 is 0 Å². The van der Waals surface area contributed by atoms with Crippen molar-refractivity contribution in [3.05, 3.63) is 69.3 Å². The summed E-state index contributed by atoms with van der Waals surface area (Å²) in [5, 5.41) is 11.4. The average molecular weight is 531 g/mol. The molecule has 0 bridgehead atoms. The van der Waals surface area contributed by atoms with Crippen molar-refractivity contribution in [2.24, 2.45) is 0 Å². The molecule has 3 aromatic rings. The average Bonchev–Trinajstić information content (AvgIpc) is 3.21. The minimum absolute atomic E-state index is 0.109. The first-order valence-corrected chi connectivity index (χ1v) is 12.6. The zero-order valence-corrected chi connectivity index (χ0v) is 23.1. The van der Waals surface area contributed by atoms with Crippen LogP contribution in [0.5, 0.6) is 0 Å². The first-order chi connectivity index (χ1) is 16.9. The van der Waals surface area contributed by atoms with Gasteiger partial charge in [0.15, 0.2) is 0 Å². The van der Waals surface area contributed by atoms with Crippen molar-refractivity contribution in [3.8, 4) is 5.69 Å². The number of aromatic nitrogens is 2. The smallest absolute Gasteiger partial charge is 0.315 e. The zero-order chi connectivity index (χ0) is 26.6. The van der Waals surface area contributed by atoms with Crippen LogP contribution < -0.4 is 10.6 Å². The van der Waals surface area contributed by atoms with Gasteiger partial charge in [0.05, 0.1) is 21.4 Å². The van der Waals surface area contributed by atoms with Gasteiger partial charge >= 0.3 is 6.03 Å². The molecule has 0 fully saturated rings. The van der Waals surface area contributed by atoms with Crippen LogP contribution in [0.15, 0.2) is 42.5 Å². The Balaban J connectivity index is 1.82. The van der Waals surface area contributed by atoms with Gasteiger partial charge in [-0.15, -0.1) is 0 Å². The highest BCUT2D eigenvalue weighted by Gasteiger charge is 2.23. The fourth-order valence-electron chi connectivity index (χ4n) is 3.68. The number of halogens is 2. The third-order valence-electron chi connectivity index (χ3n) is 5.63. The lowest BCUT2D eigenvalue weighted by Crippen LogP contribution is -2.41. The highest BCUT2D eigenvalue weighted by atomic mass is 35.5. The highest BCUT2D eigenvalue weighted by molar-refractivity contribution is 6.42. The molecule has 0 aliphatic rings. The number of hydrogen-bond acceptors (Lipinski definition) is 3. The lowest BCUT2D eigenvalue weighted by molar-refractivity contribution is -0.116. The molecule has 0 atom stereocenters. The Bertz CT molecular complexity index is 1260. The summed E-state index contributed by atoms with van der Waals surface area (Å²) in [5.41, 5.74) is 4.00. The van der Waals surface area contributed by atoms with E-state index in [-0.39, 0.29) is 23.9 Å². The van der Waals surface area contributed by atoms with Crippen LogP contribution in [-0.4, -0.2) is 39.7 Å². The van der Waals surface area contributed by atoms with Gasteiger partial charge < -0.3 is 15.5 Å². The Labute approximate surface area is 222 Å². The number of rotatable bonds is 7. The molecule has 192 valence electrons. The molecule has 0 aliphatic heterocycles. The lowest BCUT2D eigenvalue weighted by atomic mass is 9.92. The normalized spacial score (nSPS) is 11.3. The molecule has 9 heteroatoms. The SMILES string of the molecule is CCCN(CC(=O)Nc1cc(C(C)(C)C)nn1-c1ccc(Cl)c(Cl)c1)C(=O)Nc1ccc(C)cc1C. The molecule has 3 rings (SSSR count). The summed E-state index contributed by atoms with van der Waals surface area (Å²) < 4.78 is 1.63. The second-order valence-corrected chi connectivity index (χ2v) is 10.7. The Morgan fingerprint density at radius 1 is 1.00 bits per heavy atom. The molecule has 0 unspecified atom stereocenters. The van der Waals surface area contributed by atoms with Crippen molar-refractivity contribution >= 4 is 46.6 Å². The molecule has 0 aliphatic carbocycles. The van der Waals surface area contributed by atoms with Crippen molar-refractivity contribution in [2.45, 2.75) is 53.4 Å². The van der Waals surface area contributed by atoms with E-state index in [0.29, 0.717) is 34.5 Å². The lowest BCUT2D eigenvalue weighted by Gasteiger charge is -2.23. The van der Waals surface area contributed by atoms with E-state index in [0.717, 1.165) is 22.5 Å². The summed E-state index contributed by atoms with van der Waals surface area (Å²) in [7, 11) is 0. The molecule has 1 heterocycles. The number of amides is 3. The number of hydrogen-bond donors (Lipinski definition) is 2. The van der Waals surface area contributed by atoms with Gasteiger partial charge in [-0.05, 0) is 50.1 Å². The summed E-state index contributed by atoms with van der Waals surface area (Å²) >= 11 is 12.3. The van der Waals surface area contributed by atoms with E-state index < -0.39 is 0 Å². The second kappa shape index (κ2) is 11.4. The predicted molar refractivity (Wildman–Crippen MR) is 148 cm³/mol. The van der Waals surface area contributed by atoms with Crippen molar-refractivity contribution in [3.63, 3.8) is 0 Å². The molecule has 0 spiro atoms. The van der Waals surface area contributed by atoms with E-state index in [1.54, 1.807) is 22.9 Å². The fourth-order valence-corrected chi connectivity index (χ4v) is 3.97. The zero-order valence-electron chi connectivity index (χ0n) is 21.6. The van der Waals surface area contributed by atoms with E-state index in [4.69, 9.17) is 28.3 Å². The molecule has 1 aromatic heterocycles. The molecular formula is C27H33Cl2N5O2. The Morgan fingerprint density at radius 2 is 1.72 bits per heavy atom. The maximum atomic E-state index is 13.1. The van der Waals surface area contributed by atoms with Crippen molar-refractivity contribution < 1.29 is 9.59 Å². The molecule has 36 heavy (non-hydrogen) atoms. The van der Waals surface area contributed by atoms with E-state index in [1.165, 1.54) is 4.90 Å². The van der Waals surface area contributed by atoms with Crippen molar-refractivity contribution in [2.75, 3.05) is 23.7 Å². The first-order valence-electron chi connectivity index (χ1n) is 11.9. The maximum absolute atomic E-state index is 13.1. The number of nitrogens with one attached hydrogen (secondary N) is 2. The van der Waals surface area contributed by atoms with Gasteiger partial charge in [0.1, 0.15) is 12.4 Å². The van der Waals surface area contributed by atoms with Crippen LogP contribution in [-0.2, 0) is 10.2 Å². The van der Waals surface area contributed by atoms with Gasteiger partial charge in [0.25, 0.3) is 0 Å². The molecule has 0 radical (unpaired) electrons. The molecule has 0 saturated carbocycles. The van der Waals surface area contributed by atoms with Gasteiger partial charge in [-0.2, -0.15) is 5.10 Å². The molecule has 2 aromatic carbocycles. The van der Waals surface area contributed by atoms with Crippen LogP contribution in [0.4, 0.5) is 16.3 Å². The highest BCUT2D eigenvalue weighted by Crippen LogP contribution is 2.29. The third kappa shape index (κ3) is 6.80. The number of urea groups is 1. The number of nitrogens with zero attached hydrogens (tertiary/aromatic N) is 3. The van der Waals surface area contributed by atoms with Crippen LogP contribution >= 0.6 is 23.2 Å². The minimum atomic E-state index is -0.333. The van der Waals surface area contributed by atoms with Gasteiger partial charge in [0.2, 0.25) is 5.91 Å². The third-order valence-corrected chi connectivity index (χ3v) is 6.37. The maximum Gasteiger partial charge on any atom is 0.322 e. The van der Waals surface area contributed by atoms with Gasteiger partial charge in [-0.3, -0.25) is 4.79 Å². The fraction of sp³-hybridized carbons (Fsp3) is 0.370. The van der Waals surface area contributed by atoms with Crippen LogP contribution in [0.25, 0.3) is 5.69 Å². The Hall–Kier alpha value is -3.03. The monoisotopic (exact) mass is 529 g/mol. The van der Waals surface area contributed by atoms with Crippen LogP contribution in [0.1, 0.15) is 50.9 Å². The molecule has 7 nitrogen and oxygen atoms in total. The van der Waals surface area contributed by atoms with Crippen LogP contribution in [0.2, 0.25) is 10.0 Å². The van der Waals surface area contributed by atoms with E-state index in [9.17, 15) is 9.59 Å². The molecule has 3 amide bonds. The standard InChI is InChI=1S/C27H33Cl2N5O2/c1-7-12-33(26(36)30-22-11-8-17(2)13-18(22)3)16-25(35)31-24-15-23(27(4,5)6)32-34(24)19-9-10-20(28)21(29)14-19/h8-11,13-15H,7,12,16H2,1-6H3,(H,30,36)(H,31,35). The Kier molecular flexibility index (Phi) is 8.69. The van der Waals surface area contributed by atoms with Crippen LogP contribution in [0.3, 0.4) is 0 Å². The number of aryl methyl sites for hydroxylation is 2. The van der Waals surface area contributed by atoms with Gasteiger partial charge in [0, 0.05) is 23.7 Å². The molecular weight excluding hydrogens is 497 g/mol. The number of carbonyl (C=O) groups is 2. The van der Waals surface area contributed by atoms with Crippen LogP contribution in [0, 0.1) is 13.8 Å². The van der Waals surface area contributed by atoms with Gasteiger partial charge in [-0.25, -0.2) is 9.48 Å². The molecule has 2 N–H and O–H groups in total. The first kappa shape index (κ1) is 27.6. The van der Waals surface area contributed by atoms with E-state index in [1.807, 2.05) is 65.8 Å². The number of carbonyl (C=O) groups excluding carboxylic acids is 2. The van der Waals surface area contributed by atoms with Crippen molar-refractivity contribution in [1.82, 2.24) is 14.7 Å². The minimum Gasteiger partial charge on any atom is -0.315 e. The summed E-state index contributed by atoms with van der Waals surface area (Å²) in [5.74, 6) is 0.149. The van der Waals surface area contributed by atoms with Crippen molar-refractivity contribution in [1.29, 1.82) is 0 Å². The molecule has 0 saturated heterocycles. The van der Waals surface area contributed by atoms with E-state index in [2.05, 4.69) is 10.6 Å². The predicted octanol–water partition coefficient (Wildman–Crippen LogP) is 6.98. The summed E-state index contributed by atoms with van der Waals surface area (Å²) in [6, 6.07) is 12.5. The quantitative estimate of drug-likeness (QED) is 0.346. The van der Waals surface area contributed by atoms with Gasteiger partial charge in [-0.1, -0.05) is 68.6 Å². The summed E-state index contributed by atoms with van der Waals surface area (Å²) in [4.78, 5) is 27.6. The topological polar surface area (TPSA) is 79.3 Å². The largest absolute Gasteiger partial charge is 0.322 e. The summed E-state index contributed by atoms with van der Waals surface area (Å²) in [6.45, 7) is 12.4. The summed E-state index contributed by atoms with van der Waals surface area (Å²) in [6.07, 6.45) is 0.711. The number of benzene rings is 2. The number of anilines is 2. The second-order valence-electron chi connectivity index (χ2n) is 9.89. The Morgan fingerprint density at radius 3 is 2.33 bits per heavy atom.